The minimum Gasteiger partial charge on any atom is -0.385 e. The van der Waals surface area contributed by atoms with E-state index in [4.69, 9.17) is 10.5 Å². The van der Waals surface area contributed by atoms with E-state index in [1.54, 1.807) is 21.1 Å². The van der Waals surface area contributed by atoms with Crippen molar-refractivity contribution >= 4 is 10.0 Å². The van der Waals surface area contributed by atoms with Gasteiger partial charge >= 0.3 is 0 Å². The van der Waals surface area contributed by atoms with E-state index in [9.17, 15) is 8.42 Å². The Morgan fingerprint density at radius 2 is 2.07 bits per heavy atom. The molecule has 0 radical (unpaired) electrons. The third kappa shape index (κ3) is 3.91. The summed E-state index contributed by atoms with van der Waals surface area (Å²) in [5, 5.41) is -0.518. The number of hydrogen-bond donors (Lipinski definition) is 1. The van der Waals surface area contributed by atoms with Crippen LogP contribution in [0.5, 0.6) is 0 Å². The van der Waals surface area contributed by atoms with Crippen LogP contribution >= 0.6 is 0 Å². The molecule has 0 spiro atoms. The standard InChI is InChI=1S/C8H20N2O3S/c1-8(7-9)14(11,12)10(2)5-4-6-13-3/h8H,4-7,9H2,1-3H3. The third-order valence-corrected chi connectivity index (χ3v) is 4.36. The molecule has 0 amide bonds. The van der Waals surface area contributed by atoms with Gasteiger partial charge in [-0.25, -0.2) is 12.7 Å². The predicted molar refractivity (Wildman–Crippen MR) is 56.6 cm³/mol. The maximum Gasteiger partial charge on any atom is 0.217 e. The van der Waals surface area contributed by atoms with Gasteiger partial charge in [-0.15, -0.1) is 0 Å². The van der Waals surface area contributed by atoms with Crippen molar-refractivity contribution in [1.82, 2.24) is 4.31 Å². The third-order valence-electron chi connectivity index (χ3n) is 2.10. The Morgan fingerprint density at radius 3 is 2.50 bits per heavy atom. The average Bonchev–Trinajstić information content (AvgIpc) is 2.16. The van der Waals surface area contributed by atoms with Gasteiger partial charge in [0.05, 0.1) is 5.25 Å². The van der Waals surface area contributed by atoms with Crippen LogP contribution in [-0.2, 0) is 14.8 Å². The quantitative estimate of drug-likeness (QED) is 0.599. The molecule has 2 N–H and O–H groups in total. The molecule has 0 rings (SSSR count). The molecule has 0 aromatic rings. The first-order valence-electron chi connectivity index (χ1n) is 4.61. The van der Waals surface area contributed by atoms with Crippen molar-refractivity contribution in [2.75, 3.05) is 33.9 Å². The zero-order valence-electron chi connectivity index (χ0n) is 9.06. The van der Waals surface area contributed by atoms with Crippen molar-refractivity contribution in [3.8, 4) is 0 Å². The average molecular weight is 224 g/mol. The Kier molecular flexibility index (Phi) is 6.26. The van der Waals surface area contributed by atoms with Crippen LogP contribution in [-0.4, -0.2) is 51.8 Å². The molecule has 5 nitrogen and oxygen atoms in total. The van der Waals surface area contributed by atoms with E-state index in [0.717, 1.165) is 0 Å². The summed E-state index contributed by atoms with van der Waals surface area (Å²) in [5.74, 6) is 0. The van der Waals surface area contributed by atoms with Crippen LogP contribution in [0, 0.1) is 0 Å². The van der Waals surface area contributed by atoms with Crippen LogP contribution in [0.25, 0.3) is 0 Å². The molecule has 0 aliphatic rings. The number of ether oxygens (including phenoxy) is 1. The number of nitrogens with zero attached hydrogens (tertiary/aromatic N) is 1. The smallest absolute Gasteiger partial charge is 0.217 e. The van der Waals surface area contributed by atoms with Crippen LogP contribution in [0.3, 0.4) is 0 Å². The Morgan fingerprint density at radius 1 is 1.50 bits per heavy atom. The molecule has 0 saturated carbocycles. The zero-order chi connectivity index (χ0) is 11.2. The van der Waals surface area contributed by atoms with Crippen molar-refractivity contribution in [2.45, 2.75) is 18.6 Å². The topological polar surface area (TPSA) is 72.6 Å². The van der Waals surface area contributed by atoms with Crippen LogP contribution in [0.2, 0.25) is 0 Å². The van der Waals surface area contributed by atoms with Gasteiger partial charge in [0.1, 0.15) is 0 Å². The highest BCUT2D eigenvalue weighted by atomic mass is 32.2. The first-order valence-corrected chi connectivity index (χ1v) is 6.11. The summed E-state index contributed by atoms with van der Waals surface area (Å²) in [6.45, 7) is 2.80. The minimum absolute atomic E-state index is 0.150. The van der Waals surface area contributed by atoms with Crippen LogP contribution in [0.15, 0.2) is 0 Å². The zero-order valence-corrected chi connectivity index (χ0v) is 9.88. The minimum atomic E-state index is -3.22. The van der Waals surface area contributed by atoms with Gasteiger partial charge < -0.3 is 10.5 Å². The number of hydrogen-bond acceptors (Lipinski definition) is 4. The van der Waals surface area contributed by atoms with Crippen molar-refractivity contribution in [3.63, 3.8) is 0 Å². The Bertz CT molecular complexity index is 241. The van der Waals surface area contributed by atoms with Crippen molar-refractivity contribution in [3.05, 3.63) is 0 Å². The highest BCUT2D eigenvalue weighted by molar-refractivity contribution is 7.89. The normalized spacial score (nSPS) is 14.6. The SMILES string of the molecule is COCCCN(C)S(=O)(=O)C(C)CN. The second-order valence-electron chi connectivity index (χ2n) is 3.26. The second kappa shape index (κ2) is 6.34. The van der Waals surface area contributed by atoms with Crippen molar-refractivity contribution < 1.29 is 13.2 Å². The van der Waals surface area contributed by atoms with Gasteiger partial charge in [-0.1, -0.05) is 0 Å². The van der Waals surface area contributed by atoms with E-state index in [1.807, 2.05) is 0 Å². The van der Waals surface area contributed by atoms with Crippen LogP contribution in [0.4, 0.5) is 0 Å². The summed E-state index contributed by atoms with van der Waals surface area (Å²) in [6, 6.07) is 0. The molecule has 0 bridgehead atoms. The lowest BCUT2D eigenvalue weighted by Gasteiger charge is -2.20. The lowest BCUT2D eigenvalue weighted by Crippen LogP contribution is -2.39. The molecular weight excluding hydrogens is 204 g/mol. The maximum atomic E-state index is 11.7. The number of methoxy groups -OCH3 is 1. The lowest BCUT2D eigenvalue weighted by atomic mass is 10.4. The monoisotopic (exact) mass is 224 g/mol. The van der Waals surface area contributed by atoms with Gasteiger partial charge in [0.15, 0.2) is 0 Å². The molecule has 1 unspecified atom stereocenters. The lowest BCUT2D eigenvalue weighted by molar-refractivity contribution is 0.189. The fourth-order valence-electron chi connectivity index (χ4n) is 0.988. The fourth-order valence-corrected chi connectivity index (χ4v) is 2.23. The molecule has 0 aromatic carbocycles. The first-order chi connectivity index (χ1) is 6.46. The van der Waals surface area contributed by atoms with Crippen LogP contribution < -0.4 is 5.73 Å². The molecule has 0 aliphatic carbocycles. The molecule has 14 heavy (non-hydrogen) atoms. The van der Waals surface area contributed by atoms with Crippen LogP contribution in [0.1, 0.15) is 13.3 Å². The summed E-state index contributed by atoms with van der Waals surface area (Å²) >= 11 is 0. The summed E-state index contributed by atoms with van der Waals surface area (Å²) in [4.78, 5) is 0. The molecule has 0 aromatic heterocycles. The molecular formula is C8H20N2O3S. The summed E-state index contributed by atoms with van der Waals surface area (Å²) in [6.07, 6.45) is 0.698. The van der Waals surface area contributed by atoms with Gasteiger partial charge in [0, 0.05) is 33.9 Å². The second-order valence-corrected chi connectivity index (χ2v) is 5.72. The van der Waals surface area contributed by atoms with Gasteiger partial charge in [-0.05, 0) is 13.3 Å². The van der Waals surface area contributed by atoms with Gasteiger partial charge in [-0.2, -0.15) is 0 Å². The highest BCUT2D eigenvalue weighted by Crippen LogP contribution is 2.05. The van der Waals surface area contributed by atoms with E-state index in [2.05, 4.69) is 0 Å². The van der Waals surface area contributed by atoms with E-state index >= 15 is 0 Å². The first kappa shape index (κ1) is 13.8. The molecule has 0 saturated heterocycles. The highest BCUT2D eigenvalue weighted by Gasteiger charge is 2.23. The van der Waals surface area contributed by atoms with E-state index in [0.29, 0.717) is 19.6 Å². The molecule has 1 atom stereocenters. The fraction of sp³-hybridized carbons (Fsp3) is 1.00. The predicted octanol–water partition coefficient (Wildman–Crippen LogP) is -0.368. The van der Waals surface area contributed by atoms with Gasteiger partial charge in [0.2, 0.25) is 10.0 Å². The van der Waals surface area contributed by atoms with Crippen molar-refractivity contribution in [1.29, 1.82) is 0 Å². The summed E-state index contributed by atoms with van der Waals surface area (Å²) in [5.41, 5.74) is 5.32. The summed E-state index contributed by atoms with van der Waals surface area (Å²) in [7, 11) is -0.0559. The van der Waals surface area contributed by atoms with E-state index in [-0.39, 0.29) is 6.54 Å². The molecule has 0 heterocycles. The number of sulfonamides is 1. The number of rotatable bonds is 7. The molecule has 86 valence electrons. The summed E-state index contributed by atoms with van der Waals surface area (Å²) < 4.78 is 29.5. The van der Waals surface area contributed by atoms with Crippen molar-refractivity contribution in [2.24, 2.45) is 5.73 Å². The number of nitrogens with two attached hydrogens (primary N) is 1. The van der Waals surface area contributed by atoms with E-state index in [1.165, 1.54) is 4.31 Å². The molecule has 0 fully saturated rings. The largest absolute Gasteiger partial charge is 0.385 e. The van der Waals surface area contributed by atoms with Gasteiger partial charge in [-0.3, -0.25) is 0 Å². The Hall–Kier alpha value is -0.170. The Balaban J connectivity index is 4.15. The van der Waals surface area contributed by atoms with E-state index < -0.39 is 15.3 Å². The molecule has 0 aliphatic heterocycles. The van der Waals surface area contributed by atoms with Gasteiger partial charge in [0.25, 0.3) is 0 Å². The Labute approximate surface area is 86.3 Å². The maximum absolute atomic E-state index is 11.7. The molecule has 6 heteroatoms.